The first-order valence-electron chi connectivity index (χ1n) is 7.51. The number of furan rings is 1. The molecule has 0 N–H and O–H groups in total. The van der Waals surface area contributed by atoms with E-state index in [0.29, 0.717) is 24.5 Å². The number of fused-ring (bicyclic) bond motifs is 1. The van der Waals surface area contributed by atoms with Crippen molar-refractivity contribution in [3.63, 3.8) is 0 Å². The summed E-state index contributed by atoms with van der Waals surface area (Å²) in [5.74, 6) is 1.60. The van der Waals surface area contributed by atoms with Crippen molar-refractivity contribution in [1.82, 2.24) is 14.5 Å². The summed E-state index contributed by atoms with van der Waals surface area (Å²) in [6.07, 6.45) is 4.29. The van der Waals surface area contributed by atoms with Crippen LogP contribution < -0.4 is 0 Å². The quantitative estimate of drug-likeness (QED) is 0.868. The molecule has 0 radical (unpaired) electrons. The van der Waals surface area contributed by atoms with Crippen LogP contribution in [-0.4, -0.2) is 40.6 Å². The predicted octanol–water partition coefficient (Wildman–Crippen LogP) is 2.19. The van der Waals surface area contributed by atoms with Crippen LogP contribution in [0.2, 0.25) is 0 Å². The molecule has 6 nitrogen and oxygen atoms in total. The Bertz CT molecular complexity index is 674. The first-order chi connectivity index (χ1) is 10.6. The van der Waals surface area contributed by atoms with E-state index in [1.165, 1.54) is 0 Å². The number of aromatic nitrogens is 2. The molecular weight excluding hydrogens is 282 g/mol. The molecule has 118 valence electrons. The van der Waals surface area contributed by atoms with Gasteiger partial charge in [-0.15, -0.1) is 0 Å². The molecule has 3 heterocycles. The minimum Gasteiger partial charge on any atom is -0.469 e. The zero-order chi connectivity index (χ0) is 15.7. The number of aryl methyl sites for hydroxylation is 1. The second-order valence-electron chi connectivity index (χ2n) is 5.57. The zero-order valence-electron chi connectivity index (χ0n) is 13.2. The Morgan fingerprint density at radius 1 is 1.50 bits per heavy atom. The maximum absolute atomic E-state index is 12.7. The van der Waals surface area contributed by atoms with Crippen LogP contribution in [0.1, 0.15) is 40.6 Å². The van der Waals surface area contributed by atoms with Crippen LogP contribution >= 0.6 is 0 Å². The number of nitrogens with zero attached hydrogens (tertiary/aromatic N) is 3. The molecule has 2 aromatic rings. The summed E-state index contributed by atoms with van der Waals surface area (Å²) in [5, 5.41) is 0. The Labute approximate surface area is 129 Å². The molecular formula is C16H21N3O3. The summed E-state index contributed by atoms with van der Waals surface area (Å²) in [5.41, 5.74) is 1.79. The van der Waals surface area contributed by atoms with Crippen molar-refractivity contribution in [1.29, 1.82) is 0 Å². The van der Waals surface area contributed by atoms with Gasteiger partial charge < -0.3 is 18.6 Å². The lowest BCUT2D eigenvalue weighted by Crippen LogP contribution is -2.41. The van der Waals surface area contributed by atoms with E-state index in [1.807, 2.05) is 24.9 Å². The van der Waals surface area contributed by atoms with Crippen LogP contribution in [-0.2, 0) is 17.7 Å². The van der Waals surface area contributed by atoms with Gasteiger partial charge in [0.25, 0.3) is 5.91 Å². The molecule has 0 bridgehead atoms. The lowest BCUT2D eigenvalue weighted by atomic mass is 10.1. The molecule has 3 rings (SSSR count). The topological polar surface area (TPSA) is 60.5 Å². The highest BCUT2D eigenvalue weighted by Gasteiger charge is 2.31. The van der Waals surface area contributed by atoms with E-state index >= 15 is 0 Å². The van der Waals surface area contributed by atoms with Crippen molar-refractivity contribution >= 4 is 5.91 Å². The summed E-state index contributed by atoms with van der Waals surface area (Å²) >= 11 is 0. The molecule has 0 saturated heterocycles. The molecule has 0 aromatic carbocycles. The normalized spacial score (nSPS) is 17.6. The number of carbonyl (C=O) groups is 1. The average Bonchev–Trinajstić information content (AvgIpc) is 3.11. The van der Waals surface area contributed by atoms with E-state index in [0.717, 1.165) is 24.5 Å². The number of methoxy groups -OCH3 is 1. The van der Waals surface area contributed by atoms with Crippen LogP contribution in [0.5, 0.6) is 0 Å². The smallest absolute Gasteiger partial charge is 0.258 e. The second-order valence-corrected chi connectivity index (χ2v) is 5.57. The van der Waals surface area contributed by atoms with E-state index in [1.54, 1.807) is 19.4 Å². The van der Waals surface area contributed by atoms with Crippen molar-refractivity contribution in [2.75, 3.05) is 20.3 Å². The molecule has 1 aliphatic rings. The van der Waals surface area contributed by atoms with Gasteiger partial charge in [-0.05, 0) is 19.9 Å². The second kappa shape index (κ2) is 5.96. The van der Waals surface area contributed by atoms with Gasteiger partial charge >= 0.3 is 0 Å². The highest BCUT2D eigenvalue weighted by atomic mass is 16.5. The fourth-order valence-electron chi connectivity index (χ4n) is 3.00. The Morgan fingerprint density at radius 3 is 3.00 bits per heavy atom. The highest BCUT2D eigenvalue weighted by molar-refractivity contribution is 5.95. The summed E-state index contributed by atoms with van der Waals surface area (Å²) in [6.45, 7) is 5.95. The van der Waals surface area contributed by atoms with Crippen LogP contribution in [0.3, 0.4) is 0 Å². The maximum Gasteiger partial charge on any atom is 0.258 e. The molecule has 22 heavy (non-hydrogen) atoms. The third-order valence-corrected chi connectivity index (χ3v) is 4.29. The van der Waals surface area contributed by atoms with Crippen molar-refractivity contribution in [3.8, 4) is 0 Å². The number of rotatable bonds is 4. The molecule has 0 saturated carbocycles. The Hall–Kier alpha value is -2.08. The number of ether oxygens (including phenoxy) is 1. The van der Waals surface area contributed by atoms with E-state index in [4.69, 9.17) is 9.15 Å². The number of carbonyl (C=O) groups excluding carboxylic acids is 1. The van der Waals surface area contributed by atoms with Gasteiger partial charge in [0, 0.05) is 38.5 Å². The van der Waals surface area contributed by atoms with Gasteiger partial charge in [0.05, 0.1) is 24.5 Å². The lowest BCUT2D eigenvalue weighted by Gasteiger charge is -2.34. The van der Waals surface area contributed by atoms with E-state index in [-0.39, 0.29) is 11.9 Å². The fraction of sp³-hybridized carbons (Fsp3) is 0.500. The van der Waals surface area contributed by atoms with E-state index in [2.05, 4.69) is 9.55 Å². The lowest BCUT2D eigenvalue weighted by molar-refractivity contribution is 0.0634. The number of imidazole rings is 1. The van der Waals surface area contributed by atoms with E-state index in [9.17, 15) is 4.79 Å². The molecule has 2 aromatic heterocycles. The predicted molar refractivity (Wildman–Crippen MR) is 80.7 cm³/mol. The minimum absolute atomic E-state index is 0.00596. The SMILES string of the molecule is COCCc1cnc2n1CCN(C(=O)c1ccoc1C)C2C. The first kappa shape index (κ1) is 14.8. The molecule has 0 spiro atoms. The van der Waals surface area contributed by atoms with Crippen LogP contribution in [0.15, 0.2) is 22.9 Å². The summed E-state index contributed by atoms with van der Waals surface area (Å²) in [4.78, 5) is 19.1. The molecule has 6 heteroatoms. The largest absolute Gasteiger partial charge is 0.469 e. The molecule has 1 unspecified atom stereocenters. The number of hydrogen-bond acceptors (Lipinski definition) is 4. The average molecular weight is 303 g/mol. The van der Waals surface area contributed by atoms with Gasteiger partial charge in [-0.25, -0.2) is 4.98 Å². The van der Waals surface area contributed by atoms with Crippen LogP contribution in [0.4, 0.5) is 0 Å². The Morgan fingerprint density at radius 2 is 2.32 bits per heavy atom. The summed E-state index contributed by atoms with van der Waals surface area (Å²) in [7, 11) is 1.70. The third kappa shape index (κ3) is 2.43. The molecule has 1 aliphatic heterocycles. The Balaban J connectivity index is 1.83. The molecule has 1 atom stereocenters. The molecule has 0 aliphatic carbocycles. The minimum atomic E-state index is -0.0492. The van der Waals surface area contributed by atoms with Crippen molar-refractivity contribution in [3.05, 3.63) is 41.4 Å². The van der Waals surface area contributed by atoms with Crippen LogP contribution in [0, 0.1) is 6.92 Å². The first-order valence-corrected chi connectivity index (χ1v) is 7.51. The van der Waals surface area contributed by atoms with Gasteiger partial charge in [-0.2, -0.15) is 0 Å². The van der Waals surface area contributed by atoms with Crippen LogP contribution in [0.25, 0.3) is 0 Å². The summed E-state index contributed by atoms with van der Waals surface area (Å²) < 4.78 is 12.6. The number of hydrogen-bond donors (Lipinski definition) is 0. The van der Waals surface area contributed by atoms with Gasteiger partial charge in [0.15, 0.2) is 0 Å². The zero-order valence-corrected chi connectivity index (χ0v) is 13.2. The Kier molecular flexibility index (Phi) is 4.02. The standard InChI is InChI=1S/C16H21N3O3/c1-11-15-17-10-13(4-8-21-3)19(15)7-6-18(11)16(20)14-5-9-22-12(14)2/h5,9-11H,4,6-8H2,1-3H3. The van der Waals surface area contributed by atoms with Crippen molar-refractivity contribution < 1.29 is 13.9 Å². The van der Waals surface area contributed by atoms with Gasteiger partial charge in [-0.3, -0.25) is 4.79 Å². The molecule has 0 fully saturated rings. The fourth-order valence-corrected chi connectivity index (χ4v) is 3.00. The van der Waals surface area contributed by atoms with Crippen molar-refractivity contribution in [2.24, 2.45) is 0 Å². The highest BCUT2D eigenvalue weighted by Crippen LogP contribution is 2.27. The molecule has 1 amide bonds. The number of amides is 1. The van der Waals surface area contributed by atoms with E-state index < -0.39 is 0 Å². The summed E-state index contributed by atoms with van der Waals surface area (Å²) in [6, 6.07) is 1.68. The van der Waals surface area contributed by atoms with Crippen molar-refractivity contribution in [2.45, 2.75) is 32.9 Å². The third-order valence-electron chi connectivity index (χ3n) is 4.29. The van der Waals surface area contributed by atoms with Gasteiger partial charge in [-0.1, -0.05) is 0 Å². The van der Waals surface area contributed by atoms with Gasteiger partial charge in [0.2, 0.25) is 0 Å². The maximum atomic E-state index is 12.7. The van der Waals surface area contributed by atoms with Gasteiger partial charge in [0.1, 0.15) is 11.6 Å². The monoisotopic (exact) mass is 303 g/mol.